The Morgan fingerprint density at radius 1 is 1.73 bits per heavy atom. The number of carbonyl (C=O) groups is 1. The Balaban J connectivity index is 2.92. The van der Waals surface area contributed by atoms with Gasteiger partial charge in [0.1, 0.15) is 6.29 Å². The molecule has 60 valence electrons. The van der Waals surface area contributed by atoms with Gasteiger partial charge in [-0.05, 0) is 13.8 Å². The van der Waals surface area contributed by atoms with Crippen LogP contribution in [0.3, 0.4) is 0 Å². The molecule has 0 aromatic rings. The molecule has 0 saturated carbocycles. The normalized spacial score (nSPS) is 36.6. The summed E-state index contributed by atoms with van der Waals surface area (Å²) >= 11 is 0. The van der Waals surface area contributed by atoms with E-state index in [4.69, 9.17) is 5.73 Å². The van der Waals surface area contributed by atoms with Gasteiger partial charge in [-0.25, -0.2) is 0 Å². The van der Waals surface area contributed by atoms with Crippen molar-refractivity contribution in [2.75, 3.05) is 0 Å². The minimum Gasteiger partial charge on any atom is -0.323 e. The lowest BCUT2D eigenvalue weighted by molar-refractivity contribution is -0.113. The first-order valence-electron chi connectivity index (χ1n) is 3.68. The van der Waals surface area contributed by atoms with Crippen molar-refractivity contribution < 1.29 is 4.79 Å². The Bertz CT molecular complexity index is 230. The van der Waals surface area contributed by atoms with E-state index in [0.29, 0.717) is 0 Å². The van der Waals surface area contributed by atoms with E-state index in [1.54, 1.807) is 0 Å². The molecule has 1 rings (SSSR count). The second-order valence-corrected chi connectivity index (χ2v) is 3.25. The number of carbonyl (C=O) groups excluding carboxylic acids is 1. The van der Waals surface area contributed by atoms with Crippen LogP contribution in [-0.4, -0.2) is 12.3 Å². The molecule has 1 aliphatic carbocycles. The number of hydrogen-bond donors (Lipinski definition) is 1. The molecule has 2 unspecified atom stereocenters. The maximum Gasteiger partial charge on any atom is 0.131 e. The summed E-state index contributed by atoms with van der Waals surface area (Å²) in [7, 11) is 0. The highest BCUT2D eigenvalue weighted by Crippen LogP contribution is 2.25. The van der Waals surface area contributed by atoms with Gasteiger partial charge in [0, 0.05) is 6.04 Å². The van der Waals surface area contributed by atoms with Crippen LogP contribution in [0.15, 0.2) is 23.8 Å². The molecule has 2 atom stereocenters. The zero-order valence-corrected chi connectivity index (χ0v) is 6.87. The standard InChI is InChI=1S/C9H13NO/c1-7-3-4-9(2,6-11)8(10)5-7/h3-6,8H,10H2,1-2H3. The van der Waals surface area contributed by atoms with Crippen molar-refractivity contribution in [1.29, 1.82) is 0 Å². The van der Waals surface area contributed by atoms with Crippen LogP contribution < -0.4 is 5.73 Å². The Morgan fingerprint density at radius 2 is 2.36 bits per heavy atom. The first-order chi connectivity index (χ1) is 5.08. The molecule has 0 aromatic heterocycles. The monoisotopic (exact) mass is 151 g/mol. The fourth-order valence-electron chi connectivity index (χ4n) is 1.06. The van der Waals surface area contributed by atoms with Crippen molar-refractivity contribution >= 4 is 6.29 Å². The third kappa shape index (κ3) is 1.40. The minimum absolute atomic E-state index is 0.176. The molecule has 0 bridgehead atoms. The highest BCUT2D eigenvalue weighted by atomic mass is 16.1. The van der Waals surface area contributed by atoms with Gasteiger partial charge >= 0.3 is 0 Å². The molecular weight excluding hydrogens is 138 g/mol. The molecule has 11 heavy (non-hydrogen) atoms. The summed E-state index contributed by atoms with van der Waals surface area (Å²) in [5.41, 5.74) is 6.38. The zero-order chi connectivity index (χ0) is 8.48. The van der Waals surface area contributed by atoms with E-state index in [-0.39, 0.29) is 6.04 Å². The lowest BCUT2D eigenvalue weighted by Crippen LogP contribution is -2.39. The number of hydrogen-bond acceptors (Lipinski definition) is 2. The van der Waals surface area contributed by atoms with Crippen molar-refractivity contribution in [2.24, 2.45) is 11.1 Å². The molecule has 2 heteroatoms. The molecule has 0 saturated heterocycles. The number of aldehydes is 1. The number of rotatable bonds is 1. The van der Waals surface area contributed by atoms with Crippen molar-refractivity contribution in [3.05, 3.63) is 23.8 Å². The fourth-order valence-corrected chi connectivity index (χ4v) is 1.06. The van der Waals surface area contributed by atoms with Gasteiger partial charge in [0.05, 0.1) is 5.41 Å². The average molecular weight is 151 g/mol. The summed E-state index contributed by atoms with van der Waals surface area (Å²) in [6.45, 7) is 3.81. The summed E-state index contributed by atoms with van der Waals surface area (Å²) in [5.74, 6) is 0. The van der Waals surface area contributed by atoms with E-state index in [2.05, 4.69) is 0 Å². The van der Waals surface area contributed by atoms with E-state index < -0.39 is 5.41 Å². The summed E-state index contributed by atoms with van der Waals surface area (Å²) in [4.78, 5) is 10.6. The quantitative estimate of drug-likeness (QED) is 0.569. The summed E-state index contributed by atoms with van der Waals surface area (Å²) in [6, 6.07) is -0.176. The first kappa shape index (κ1) is 8.21. The smallest absolute Gasteiger partial charge is 0.131 e. The Morgan fingerprint density at radius 3 is 2.82 bits per heavy atom. The van der Waals surface area contributed by atoms with Crippen molar-refractivity contribution in [3.63, 3.8) is 0 Å². The van der Waals surface area contributed by atoms with Crippen LogP contribution in [0.2, 0.25) is 0 Å². The summed E-state index contributed by atoms with van der Waals surface area (Å²) in [6.07, 6.45) is 6.60. The van der Waals surface area contributed by atoms with Gasteiger partial charge in [-0.15, -0.1) is 0 Å². The maximum absolute atomic E-state index is 10.6. The Labute approximate surface area is 66.8 Å². The molecule has 0 aromatic carbocycles. The third-order valence-electron chi connectivity index (χ3n) is 2.12. The van der Waals surface area contributed by atoms with Crippen LogP contribution in [0, 0.1) is 5.41 Å². The van der Waals surface area contributed by atoms with Crippen LogP contribution in [0.5, 0.6) is 0 Å². The zero-order valence-electron chi connectivity index (χ0n) is 6.87. The number of allylic oxidation sites excluding steroid dienone is 2. The molecule has 0 fully saturated rings. The lowest BCUT2D eigenvalue weighted by Gasteiger charge is -2.27. The van der Waals surface area contributed by atoms with E-state index in [0.717, 1.165) is 11.9 Å². The molecule has 2 N–H and O–H groups in total. The van der Waals surface area contributed by atoms with Crippen LogP contribution in [0.4, 0.5) is 0 Å². The molecule has 0 amide bonds. The third-order valence-corrected chi connectivity index (χ3v) is 2.12. The molecule has 1 aliphatic rings. The minimum atomic E-state index is -0.500. The van der Waals surface area contributed by atoms with Crippen LogP contribution in [0.1, 0.15) is 13.8 Å². The van der Waals surface area contributed by atoms with Gasteiger partial charge in [0.15, 0.2) is 0 Å². The highest BCUT2D eigenvalue weighted by Gasteiger charge is 2.28. The maximum atomic E-state index is 10.6. The van der Waals surface area contributed by atoms with E-state index in [1.807, 2.05) is 32.1 Å². The van der Waals surface area contributed by atoms with Gasteiger partial charge < -0.3 is 10.5 Å². The predicted octanol–water partition coefficient (Wildman–Crippen LogP) is 1.04. The van der Waals surface area contributed by atoms with E-state index in [1.165, 1.54) is 0 Å². The number of nitrogens with two attached hydrogens (primary N) is 1. The predicted molar refractivity (Wildman–Crippen MR) is 45.0 cm³/mol. The van der Waals surface area contributed by atoms with Gasteiger partial charge in [-0.2, -0.15) is 0 Å². The van der Waals surface area contributed by atoms with E-state index in [9.17, 15) is 4.79 Å². The Kier molecular flexibility index (Phi) is 1.96. The van der Waals surface area contributed by atoms with Crippen LogP contribution in [-0.2, 0) is 4.79 Å². The second kappa shape index (κ2) is 2.62. The summed E-state index contributed by atoms with van der Waals surface area (Å²) < 4.78 is 0. The first-order valence-corrected chi connectivity index (χ1v) is 3.68. The molecule has 0 heterocycles. The largest absolute Gasteiger partial charge is 0.323 e. The highest BCUT2D eigenvalue weighted by molar-refractivity contribution is 5.65. The fraction of sp³-hybridized carbons (Fsp3) is 0.444. The van der Waals surface area contributed by atoms with Crippen molar-refractivity contribution in [2.45, 2.75) is 19.9 Å². The van der Waals surface area contributed by atoms with E-state index >= 15 is 0 Å². The second-order valence-electron chi connectivity index (χ2n) is 3.25. The lowest BCUT2D eigenvalue weighted by atomic mass is 9.80. The molecule has 0 aliphatic heterocycles. The summed E-state index contributed by atoms with van der Waals surface area (Å²) in [5, 5.41) is 0. The molecule has 2 nitrogen and oxygen atoms in total. The van der Waals surface area contributed by atoms with Crippen LogP contribution >= 0.6 is 0 Å². The van der Waals surface area contributed by atoms with Gasteiger partial charge in [-0.1, -0.05) is 23.8 Å². The van der Waals surface area contributed by atoms with Gasteiger partial charge in [0.25, 0.3) is 0 Å². The topological polar surface area (TPSA) is 43.1 Å². The molecular formula is C9H13NO. The van der Waals surface area contributed by atoms with Gasteiger partial charge in [-0.3, -0.25) is 0 Å². The average Bonchev–Trinajstić information content (AvgIpc) is 1.98. The molecule has 0 spiro atoms. The SMILES string of the molecule is CC1=CC(N)C(C)(C=O)C=C1. The molecule has 0 radical (unpaired) electrons. The van der Waals surface area contributed by atoms with Gasteiger partial charge in [0.2, 0.25) is 0 Å². The Hall–Kier alpha value is -0.890. The van der Waals surface area contributed by atoms with Crippen molar-refractivity contribution in [1.82, 2.24) is 0 Å². The van der Waals surface area contributed by atoms with Crippen LogP contribution in [0.25, 0.3) is 0 Å². The van der Waals surface area contributed by atoms with Crippen molar-refractivity contribution in [3.8, 4) is 0 Å².